The smallest absolute Gasteiger partial charge is 0.257 e. The molecule has 0 saturated heterocycles. The van der Waals surface area contributed by atoms with Crippen molar-refractivity contribution in [1.29, 1.82) is 0 Å². The van der Waals surface area contributed by atoms with Gasteiger partial charge in [-0.1, -0.05) is 36.4 Å². The number of carbonyl (C=O) groups excluding carboxylic acids is 1. The molecule has 3 aromatic rings. The van der Waals surface area contributed by atoms with Crippen molar-refractivity contribution < 1.29 is 22.7 Å². The highest BCUT2D eigenvalue weighted by Gasteiger charge is 2.18. The Hall–Kier alpha value is -3.56. The van der Waals surface area contributed by atoms with Crippen molar-refractivity contribution in [2.45, 2.75) is 18.7 Å². The van der Waals surface area contributed by atoms with Crippen LogP contribution in [0, 0.1) is 0 Å². The predicted octanol–water partition coefficient (Wildman–Crippen LogP) is 4.04. The third-order valence-corrected chi connectivity index (χ3v) is 5.60. The number of carbonyl (C=O) groups is 1. The van der Waals surface area contributed by atoms with Crippen LogP contribution in [0.15, 0.2) is 77.7 Å². The van der Waals surface area contributed by atoms with E-state index in [0.29, 0.717) is 41.7 Å². The zero-order chi connectivity index (χ0) is 23.0. The van der Waals surface area contributed by atoms with Crippen LogP contribution in [0.2, 0.25) is 0 Å². The van der Waals surface area contributed by atoms with E-state index in [2.05, 4.69) is 15.6 Å². The molecule has 3 rings (SSSR count). The fraction of sp³-hybridized carbons (Fsp3) is 0.174. The second-order valence-electron chi connectivity index (χ2n) is 6.57. The number of rotatable bonds is 10. The summed E-state index contributed by atoms with van der Waals surface area (Å²) >= 11 is 0. The molecule has 0 heterocycles. The van der Waals surface area contributed by atoms with E-state index in [1.54, 1.807) is 61.5 Å². The largest absolute Gasteiger partial charge is 0.492 e. The van der Waals surface area contributed by atoms with Crippen molar-refractivity contribution in [2.75, 3.05) is 24.0 Å². The molecule has 0 aliphatic carbocycles. The number of anilines is 2. The summed E-state index contributed by atoms with van der Waals surface area (Å²) in [4.78, 5) is 15.1. The van der Waals surface area contributed by atoms with E-state index in [0.717, 1.165) is 0 Å². The monoisotopic (exact) mass is 455 g/mol. The minimum atomic E-state index is -3.81. The van der Waals surface area contributed by atoms with Crippen molar-refractivity contribution in [3.05, 3.63) is 78.4 Å². The summed E-state index contributed by atoms with van der Waals surface area (Å²) in [5.74, 6) is 0.399. The molecule has 0 aliphatic heterocycles. The molecule has 0 radical (unpaired) electrons. The summed E-state index contributed by atoms with van der Waals surface area (Å²) in [6.07, 6.45) is 0. The van der Waals surface area contributed by atoms with Gasteiger partial charge in [0, 0.05) is 17.7 Å². The second kappa shape index (κ2) is 10.7. The zero-order valence-corrected chi connectivity index (χ0v) is 18.6. The second-order valence-corrected chi connectivity index (χ2v) is 8.26. The molecule has 9 heteroatoms. The summed E-state index contributed by atoms with van der Waals surface area (Å²) in [6, 6.07) is 19.9. The first-order valence-corrected chi connectivity index (χ1v) is 11.6. The normalized spacial score (nSPS) is 10.9. The number of ether oxygens (including phenoxy) is 2. The molecule has 3 N–H and O–H groups in total. The Morgan fingerprint density at radius 2 is 1.34 bits per heavy atom. The van der Waals surface area contributed by atoms with Gasteiger partial charge >= 0.3 is 0 Å². The molecule has 0 aromatic heterocycles. The fourth-order valence-electron chi connectivity index (χ4n) is 2.87. The number of nitrogens with one attached hydrogen (secondary N) is 3. The molecule has 0 atom stereocenters. The maximum atomic E-state index is 12.6. The molecule has 0 unspecified atom stereocenters. The van der Waals surface area contributed by atoms with E-state index < -0.39 is 10.0 Å². The zero-order valence-electron chi connectivity index (χ0n) is 17.8. The van der Waals surface area contributed by atoms with Crippen LogP contribution in [0.1, 0.15) is 24.2 Å². The predicted molar refractivity (Wildman–Crippen MR) is 124 cm³/mol. The van der Waals surface area contributed by atoms with Crippen LogP contribution in [0.5, 0.6) is 11.5 Å². The van der Waals surface area contributed by atoms with Crippen molar-refractivity contribution >= 4 is 27.3 Å². The molecule has 1 amide bonds. The first kappa shape index (κ1) is 23.1. The SMILES string of the molecule is CCOc1cc(NC(=O)c2ccccc2)c(OCC)cc1NNS(=O)(=O)c1ccccc1. The van der Waals surface area contributed by atoms with Crippen LogP contribution < -0.4 is 25.0 Å². The minimum absolute atomic E-state index is 0.113. The maximum absolute atomic E-state index is 12.6. The van der Waals surface area contributed by atoms with E-state index >= 15 is 0 Å². The lowest BCUT2D eigenvalue weighted by atomic mass is 10.2. The lowest BCUT2D eigenvalue weighted by Gasteiger charge is -2.18. The van der Waals surface area contributed by atoms with Crippen molar-refractivity contribution in [3.63, 3.8) is 0 Å². The van der Waals surface area contributed by atoms with E-state index in [1.807, 2.05) is 13.0 Å². The minimum Gasteiger partial charge on any atom is -0.492 e. The Morgan fingerprint density at radius 1 is 0.812 bits per heavy atom. The summed E-state index contributed by atoms with van der Waals surface area (Å²) in [5.41, 5.74) is 3.93. The van der Waals surface area contributed by atoms with Gasteiger partial charge in [-0.3, -0.25) is 4.79 Å². The van der Waals surface area contributed by atoms with Crippen molar-refractivity contribution in [3.8, 4) is 11.5 Å². The number of amides is 1. The molecular formula is C23H25N3O5S. The van der Waals surface area contributed by atoms with E-state index in [4.69, 9.17) is 9.47 Å². The Balaban J connectivity index is 1.89. The van der Waals surface area contributed by atoms with E-state index in [9.17, 15) is 13.2 Å². The summed E-state index contributed by atoms with van der Waals surface area (Å²) in [5, 5.41) is 2.83. The van der Waals surface area contributed by atoms with Gasteiger partial charge in [0.05, 0.1) is 29.5 Å². The van der Waals surface area contributed by atoms with E-state index in [1.165, 1.54) is 12.1 Å². The van der Waals surface area contributed by atoms with Crippen LogP contribution in [-0.4, -0.2) is 27.5 Å². The van der Waals surface area contributed by atoms with Crippen molar-refractivity contribution in [2.24, 2.45) is 0 Å². The molecular weight excluding hydrogens is 430 g/mol. The van der Waals surface area contributed by atoms with Crippen LogP contribution in [-0.2, 0) is 10.0 Å². The lowest BCUT2D eigenvalue weighted by molar-refractivity contribution is 0.102. The molecule has 0 spiro atoms. The maximum Gasteiger partial charge on any atom is 0.257 e. The number of hydrazine groups is 1. The molecule has 0 bridgehead atoms. The number of sulfonamides is 1. The molecule has 0 aliphatic rings. The Bertz CT molecular complexity index is 1150. The third kappa shape index (κ3) is 5.77. The number of hydrogen-bond donors (Lipinski definition) is 3. The first-order valence-electron chi connectivity index (χ1n) is 10.1. The van der Waals surface area contributed by atoms with Crippen LogP contribution in [0.25, 0.3) is 0 Å². The van der Waals surface area contributed by atoms with Gasteiger partial charge in [0.25, 0.3) is 15.9 Å². The highest BCUT2D eigenvalue weighted by Crippen LogP contribution is 2.37. The molecule has 168 valence electrons. The van der Waals surface area contributed by atoms with Gasteiger partial charge < -0.3 is 20.2 Å². The Kier molecular flexibility index (Phi) is 7.69. The average molecular weight is 456 g/mol. The first-order chi connectivity index (χ1) is 15.4. The van der Waals surface area contributed by atoms with Gasteiger partial charge in [-0.05, 0) is 38.1 Å². The van der Waals surface area contributed by atoms with Crippen molar-refractivity contribution in [1.82, 2.24) is 4.83 Å². The summed E-state index contributed by atoms with van der Waals surface area (Å²) in [6.45, 7) is 4.29. The highest BCUT2D eigenvalue weighted by atomic mass is 32.2. The quantitative estimate of drug-likeness (QED) is 0.399. The van der Waals surface area contributed by atoms with Crippen LogP contribution in [0.4, 0.5) is 11.4 Å². The summed E-state index contributed by atoms with van der Waals surface area (Å²) in [7, 11) is -3.81. The highest BCUT2D eigenvalue weighted by molar-refractivity contribution is 7.89. The Labute approximate surface area is 187 Å². The standard InChI is InChI=1S/C23H25N3O5S/c1-3-30-21-16-20(25-26-32(28,29)18-13-9-6-10-14-18)22(31-4-2)15-19(21)24-23(27)17-11-7-5-8-12-17/h5-16,25-26H,3-4H2,1-2H3,(H,24,27). The average Bonchev–Trinajstić information content (AvgIpc) is 2.81. The van der Waals surface area contributed by atoms with Crippen LogP contribution >= 0.6 is 0 Å². The lowest BCUT2D eigenvalue weighted by Crippen LogP contribution is -2.29. The molecule has 0 saturated carbocycles. The number of benzene rings is 3. The van der Waals surface area contributed by atoms with Gasteiger partial charge in [-0.2, -0.15) is 0 Å². The molecule has 0 fully saturated rings. The van der Waals surface area contributed by atoms with Gasteiger partial charge in [0.1, 0.15) is 11.5 Å². The topological polar surface area (TPSA) is 106 Å². The fourth-order valence-corrected chi connectivity index (χ4v) is 3.75. The van der Waals surface area contributed by atoms with Gasteiger partial charge in [0.2, 0.25) is 0 Å². The summed E-state index contributed by atoms with van der Waals surface area (Å²) < 4.78 is 36.4. The Morgan fingerprint density at radius 3 is 1.94 bits per heavy atom. The van der Waals surface area contributed by atoms with E-state index in [-0.39, 0.29) is 10.8 Å². The third-order valence-electron chi connectivity index (χ3n) is 4.34. The van der Waals surface area contributed by atoms with Gasteiger partial charge in [-0.15, -0.1) is 4.83 Å². The molecule has 8 nitrogen and oxygen atoms in total. The van der Waals surface area contributed by atoms with Gasteiger partial charge in [0.15, 0.2) is 0 Å². The molecule has 3 aromatic carbocycles. The van der Waals surface area contributed by atoms with Gasteiger partial charge in [-0.25, -0.2) is 8.42 Å². The van der Waals surface area contributed by atoms with Crippen LogP contribution in [0.3, 0.4) is 0 Å². The number of hydrogen-bond acceptors (Lipinski definition) is 6. The molecule has 32 heavy (non-hydrogen) atoms.